The van der Waals surface area contributed by atoms with Crippen LogP contribution in [0.15, 0.2) is 30.4 Å². The molecule has 1 aliphatic carbocycles. The van der Waals surface area contributed by atoms with Crippen molar-refractivity contribution in [3.63, 3.8) is 0 Å². The predicted octanol–water partition coefficient (Wildman–Crippen LogP) is 2.72. The molecule has 0 atom stereocenters. The highest BCUT2D eigenvalue weighted by molar-refractivity contribution is 5.54. The topological polar surface area (TPSA) is 41.5 Å². The van der Waals surface area contributed by atoms with E-state index in [0.29, 0.717) is 11.4 Å². The summed E-state index contributed by atoms with van der Waals surface area (Å²) in [4.78, 5) is 0. The molecule has 2 N–H and O–H groups in total. The minimum Gasteiger partial charge on any atom is -0.487 e. The summed E-state index contributed by atoms with van der Waals surface area (Å²) < 4.78 is 18.5. The molecule has 0 saturated heterocycles. The molecule has 0 heterocycles. The van der Waals surface area contributed by atoms with Gasteiger partial charge in [0.1, 0.15) is 23.4 Å². The Morgan fingerprint density at radius 1 is 1.33 bits per heavy atom. The van der Waals surface area contributed by atoms with Crippen molar-refractivity contribution in [1.29, 1.82) is 0 Å². The van der Waals surface area contributed by atoms with E-state index in [9.17, 15) is 4.39 Å². The molecule has 0 unspecified atom stereocenters. The van der Waals surface area contributed by atoms with Gasteiger partial charge in [-0.05, 0) is 12.1 Å². The largest absolute Gasteiger partial charge is 0.487 e. The summed E-state index contributed by atoms with van der Waals surface area (Å²) in [7, 11) is 0. The van der Waals surface area contributed by atoms with Crippen molar-refractivity contribution < 1.29 is 14.3 Å². The summed E-state index contributed by atoms with van der Waals surface area (Å²) in [5.41, 5.74) is 2.36. The van der Waals surface area contributed by atoms with Gasteiger partial charge in [0.25, 0.3) is 0 Å². The maximum atomic E-state index is 13.0. The minimum atomic E-state index is -0.380. The van der Waals surface area contributed by atoms with Crippen LogP contribution in [0.4, 0.5) is 10.1 Å². The van der Waals surface area contributed by atoms with Crippen LogP contribution in [0, 0.1) is 5.82 Å². The zero-order valence-corrected chi connectivity index (χ0v) is 8.11. The molecule has 3 nitrogen and oxygen atoms in total. The van der Waals surface area contributed by atoms with Crippen molar-refractivity contribution in [3.05, 3.63) is 36.2 Å². The lowest BCUT2D eigenvalue weighted by Crippen LogP contribution is -2.12. The number of halogens is 1. The SMILES string of the molecule is ONc1ccc(F)cc1OC1CC=CC1. The van der Waals surface area contributed by atoms with Gasteiger partial charge in [0, 0.05) is 18.9 Å². The molecule has 15 heavy (non-hydrogen) atoms. The summed E-state index contributed by atoms with van der Waals surface area (Å²) in [6, 6.07) is 3.96. The maximum absolute atomic E-state index is 13.0. The molecule has 2 rings (SSSR count). The third-order valence-corrected chi connectivity index (χ3v) is 2.32. The van der Waals surface area contributed by atoms with Crippen LogP contribution in [-0.4, -0.2) is 11.3 Å². The van der Waals surface area contributed by atoms with Crippen LogP contribution in [0.25, 0.3) is 0 Å². The lowest BCUT2D eigenvalue weighted by atomic mass is 10.2. The van der Waals surface area contributed by atoms with Gasteiger partial charge in [0.05, 0.1) is 0 Å². The highest BCUT2D eigenvalue weighted by Gasteiger charge is 2.14. The van der Waals surface area contributed by atoms with Crippen molar-refractivity contribution in [1.82, 2.24) is 0 Å². The quantitative estimate of drug-likeness (QED) is 0.594. The fraction of sp³-hybridized carbons (Fsp3) is 0.273. The molecule has 80 valence electrons. The van der Waals surface area contributed by atoms with Gasteiger partial charge in [-0.15, -0.1) is 0 Å². The van der Waals surface area contributed by atoms with E-state index in [1.807, 2.05) is 17.6 Å². The second-order valence-electron chi connectivity index (χ2n) is 3.43. The summed E-state index contributed by atoms with van der Waals surface area (Å²) in [5.74, 6) is -0.0406. The number of hydrogen-bond acceptors (Lipinski definition) is 3. The van der Waals surface area contributed by atoms with Gasteiger partial charge in [-0.1, -0.05) is 12.2 Å². The molecule has 0 fully saturated rings. The van der Waals surface area contributed by atoms with Gasteiger partial charge < -0.3 is 4.74 Å². The number of ether oxygens (including phenoxy) is 1. The van der Waals surface area contributed by atoms with Crippen molar-refractivity contribution in [2.24, 2.45) is 0 Å². The van der Waals surface area contributed by atoms with E-state index in [4.69, 9.17) is 9.94 Å². The Bertz CT molecular complexity index is 371. The number of rotatable bonds is 3. The summed E-state index contributed by atoms with van der Waals surface area (Å²) in [6.45, 7) is 0. The molecule has 1 aromatic rings. The van der Waals surface area contributed by atoms with Crippen LogP contribution in [0.5, 0.6) is 5.75 Å². The Labute approximate surface area is 87.1 Å². The zero-order valence-electron chi connectivity index (χ0n) is 8.11. The summed E-state index contributed by atoms with van der Waals surface area (Å²) in [5, 5.41) is 8.82. The van der Waals surface area contributed by atoms with E-state index in [-0.39, 0.29) is 11.9 Å². The van der Waals surface area contributed by atoms with Crippen LogP contribution in [0.3, 0.4) is 0 Å². The molecular formula is C11H12FNO2. The molecular weight excluding hydrogens is 197 g/mol. The molecule has 0 aromatic heterocycles. The highest BCUT2D eigenvalue weighted by atomic mass is 19.1. The van der Waals surface area contributed by atoms with Crippen LogP contribution in [-0.2, 0) is 0 Å². The van der Waals surface area contributed by atoms with Gasteiger partial charge in [-0.3, -0.25) is 10.7 Å². The minimum absolute atomic E-state index is 0.0406. The first kappa shape index (κ1) is 9.98. The Balaban J connectivity index is 2.14. The fourth-order valence-corrected chi connectivity index (χ4v) is 1.55. The molecule has 0 bridgehead atoms. The van der Waals surface area contributed by atoms with Crippen LogP contribution < -0.4 is 10.2 Å². The lowest BCUT2D eigenvalue weighted by molar-refractivity contribution is 0.215. The van der Waals surface area contributed by atoms with E-state index in [1.54, 1.807) is 0 Å². The van der Waals surface area contributed by atoms with Crippen LogP contribution >= 0.6 is 0 Å². The predicted molar refractivity (Wildman–Crippen MR) is 54.6 cm³/mol. The molecule has 0 radical (unpaired) electrons. The van der Waals surface area contributed by atoms with Crippen LogP contribution in [0.1, 0.15) is 12.8 Å². The van der Waals surface area contributed by atoms with Crippen molar-refractivity contribution in [2.45, 2.75) is 18.9 Å². The number of benzene rings is 1. The van der Waals surface area contributed by atoms with Crippen molar-refractivity contribution >= 4 is 5.69 Å². The third-order valence-electron chi connectivity index (χ3n) is 2.32. The Morgan fingerprint density at radius 2 is 2.07 bits per heavy atom. The first-order valence-electron chi connectivity index (χ1n) is 4.81. The molecule has 0 saturated carbocycles. The van der Waals surface area contributed by atoms with E-state index < -0.39 is 0 Å². The van der Waals surface area contributed by atoms with Gasteiger partial charge in [-0.25, -0.2) is 4.39 Å². The first-order chi connectivity index (χ1) is 7.29. The van der Waals surface area contributed by atoms with Crippen molar-refractivity contribution in [2.75, 3.05) is 5.48 Å². The number of anilines is 1. The lowest BCUT2D eigenvalue weighted by Gasteiger charge is -2.15. The second-order valence-corrected chi connectivity index (χ2v) is 3.43. The first-order valence-corrected chi connectivity index (χ1v) is 4.81. The van der Waals surface area contributed by atoms with Crippen LogP contribution in [0.2, 0.25) is 0 Å². The second kappa shape index (κ2) is 4.31. The molecule has 4 heteroatoms. The molecule has 0 amide bonds. The average molecular weight is 209 g/mol. The molecule has 0 aliphatic heterocycles. The Kier molecular flexibility index (Phi) is 2.87. The summed E-state index contributed by atoms with van der Waals surface area (Å²) in [6.07, 6.45) is 5.73. The fourth-order valence-electron chi connectivity index (χ4n) is 1.55. The maximum Gasteiger partial charge on any atom is 0.148 e. The Morgan fingerprint density at radius 3 is 2.73 bits per heavy atom. The normalized spacial score (nSPS) is 15.6. The van der Waals surface area contributed by atoms with E-state index >= 15 is 0 Å². The molecule has 0 spiro atoms. The summed E-state index contributed by atoms with van der Waals surface area (Å²) >= 11 is 0. The number of hydrogen-bond donors (Lipinski definition) is 2. The zero-order chi connectivity index (χ0) is 10.7. The third kappa shape index (κ3) is 2.27. The molecule has 1 aromatic carbocycles. The Hall–Kier alpha value is -1.55. The standard InChI is InChI=1S/C11H12FNO2/c12-8-5-6-10(13-14)11(7-8)15-9-3-1-2-4-9/h1-2,5-7,9,13-14H,3-4H2. The van der Waals surface area contributed by atoms with Gasteiger partial charge in [0.15, 0.2) is 0 Å². The van der Waals surface area contributed by atoms with Gasteiger partial charge >= 0.3 is 0 Å². The monoisotopic (exact) mass is 209 g/mol. The highest BCUT2D eigenvalue weighted by Crippen LogP contribution is 2.28. The van der Waals surface area contributed by atoms with E-state index in [2.05, 4.69) is 0 Å². The van der Waals surface area contributed by atoms with Crippen molar-refractivity contribution in [3.8, 4) is 5.75 Å². The van der Waals surface area contributed by atoms with Gasteiger partial charge in [-0.2, -0.15) is 0 Å². The molecule has 1 aliphatic rings. The van der Waals surface area contributed by atoms with E-state index in [0.717, 1.165) is 12.8 Å². The van der Waals surface area contributed by atoms with Gasteiger partial charge in [0.2, 0.25) is 0 Å². The van der Waals surface area contributed by atoms with E-state index in [1.165, 1.54) is 18.2 Å². The smallest absolute Gasteiger partial charge is 0.148 e. The number of nitrogens with one attached hydrogen (secondary N) is 1. The average Bonchev–Trinajstić information content (AvgIpc) is 2.71.